The van der Waals surface area contributed by atoms with Crippen molar-refractivity contribution in [2.24, 2.45) is 0 Å². The number of anilines is 2. The summed E-state index contributed by atoms with van der Waals surface area (Å²) in [6.07, 6.45) is 2.32. The lowest BCUT2D eigenvalue weighted by atomic mass is 9.99. The predicted octanol–water partition coefficient (Wildman–Crippen LogP) is 4.52. The first-order chi connectivity index (χ1) is 9.67. The Hall–Kier alpha value is -1.54. The Kier molecular flexibility index (Phi) is 3.66. The van der Waals surface area contributed by atoms with Crippen LogP contribution in [0.2, 0.25) is 0 Å². The Morgan fingerprint density at radius 2 is 2.05 bits per heavy atom. The largest absolute Gasteiger partial charge is 0.326 e. The lowest BCUT2D eigenvalue weighted by molar-refractivity contribution is 0.757. The highest BCUT2D eigenvalue weighted by Gasteiger charge is 2.19. The van der Waals surface area contributed by atoms with Gasteiger partial charge in [0, 0.05) is 23.8 Å². The van der Waals surface area contributed by atoms with Crippen molar-refractivity contribution < 1.29 is 0 Å². The van der Waals surface area contributed by atoms with Gasteiger partial charge in [-0.2, -0.15) is 0 Å². The van der Waals surface area contributed by atoms with E-state index in [0.717, 1.165) is 30.0 Å². The summed E-state index contributed by atoms with van der Waals surface area (Å²) < 4.78 is 0. The minimum Gasteiger partial charge on any atom is -0.326 e. The highest BCUT2D eigenvalue weighted by Crippen LogP contribution is 2.33. The van der Waals surface area contributed by atoms with E-state index in [0.29, 0.717) is 5.88 Å². The predicted molar refractivity (Wildman–Crippen MR) is 85.0 cm³/mol. The number of alkyl halides is 1. The molecule has 3 rings (SSSR count). The summed E-state index contributed by atoms with van der Waals surface area (Å²) >= 11 is 5.98. The normalized spacial score (nSPS) is 14.2. The molecule has 0 atom stereocenters. The van der Waals surface area contributed by atoms with Crippen LogP contribution < -0.4 is 4.90 Å². The SMILES string of the molecule is Cc1ccc2c(c1)CCCN2c1cc(CCl)cc(C)n1. The molecular formula is C17H19ClN2. The maximum absolute atomic E-state index is 5.98. The molecule has 3 heteroatoms. The van der Waals surface area contributed by atoms with Gasteiger partial charge in [0.15, 0.2) is 0 Å². The second kappa shape index (κ2) is 5.45. The number of benzene rings is 1. The van der Waals surface area contributed by atoms with Crippen molar-refractivity contribution in [1.29, 1.82) is 0 Å². The van der Waals surface area contributed by atoms with Gasteiger partial charge >= 0.3 is 0 Å². The molecule has 0 unspecified atom stereocenters. The fourth-order valence-corrected chi connectivity index (χ4v) is 3.05. The number of halogens is 1. The number of aromatic nitrogens is 1. The summed E-state index contributed by atoms with van der Waals surface area (Å²) in [6.45, 7) is 5.20. The van der Waals surface area contributed by atoms with Gasteiger partial charge in [0.05, 0.1) is 0 Å². The molecule has 1 aliphatic heterocycles. The molecule has 0 N–H and O–H groups in total. The Morgan fingerprint density at radius 3 is 2.85 bits per heavy atom. The van der Waals surface area contributed by atoms with Crippen LogP contribution in [0.4, 0.5) is 11.5 Å². The van der Waals surface area contributed by atoms with E-state index in [1.165, 1.54) is 23.2 Å². The average Bonchev–Trinajstić information content (AvgIpc) is 2.45. The number of fused-ring (bicyclic) bond motifs is 1. The van der Waals surface area contributed by atoms with Gasteiger partial charge in [-0.15, -0.1) is 11.6 Å². The summed E-state index contributed by atoms with van der Waals surface area (Å²) in [5.74, 6) is 1.55. The molecule has 1 aliphatic rings. The Morgan fingerprint density at radius 1 is 1.20 bits per heavy atom. The molecule has 0 fully saturated rings. The molecule has 0 amide bonds. The van der Waals surface area contributed by atoms with Crippen LogP contribution in [0.25, 0.3) is 0 Å². The van der Waals surface area contributed by atoms with Gasteiger partial charge in [-0.3, -0.25) is 0 Å². The van der Waals surface area contributed by atoms with Crippen molar-refractivity contribution in [3.05, 3.63) is 52.7 Å². The highest BCUT2D eigenvalue weighted by atomic mass is 35.5. The molecule has 0 saturated carbocycles. The fourth-order valence-electron chi connectivity index (χ4n) is 2.90. The number of rotatable bonds is 2. The van der Waals surface area contributed by atoms with E-state index >= 15 is 0 Å². The van der Waals surface area contributed by atoms with Crippen molar-refractivity contribution in [2.45, 2.75) is 32.6 Å². The second-order valence-electron chi connectivity index (χ2n) is 5.50. The first-order valence-corrected chi connectivity index (χ1v) is 7.61. The molecule has 2 heterocycles. The lowest BCUT2D eigenvalue weighted by Gasteiger charge is -2.31. The lowest BCUT2D eigenvalue weighted by Crippen LogP contribution is -2.25. The van der Waals surface area contributed by atoms with E-state index in [2.05, 4.69) is 42.2 Å². The van der Waals surface area contributed by atoms with Crippen LogP contribution in [0.1, 0.15) is 28.8 Å². The zero-order chi connectivity index (χ0) is 14.1. The third kappa shape index (κ3) is 2.53. The van der Waals surface area contributed by atoms with Gasteiger partial charge in [0.25, 0.3) is 0 Å². The van der Waals surface area contributed by atoms with E-state index in [-0.39, 0.29) is 0 Å². The molecule has 2 nitrogen and oxygen atoms in total. The van der Waals surface area contributed by atoms with Crippen LogP contribution in [0.3, 0.4) is 0 Å². The molecule has 0 aliphatic carbocycles. The standard InChI is InChI=1S/C17H19ClN2/c1-12-5-6-16-15(8-12)4-3-7-20(16)17-10-14(11-18)9-13(2)19-17/h5-6,8-10H,3-4,7,11H2,1-2H3. The molecule has 104 valence electrons. The average molecular weight is 287 g/mol. The zero-order valence-electron chi connectivity index (χ0n) is 12.0. The summed E-state index contributed by atoms with van der Waals surface area (Å²) in [5, 5.41) is 0. The quantitative estimate of drug-likeness (QED) is 0.755. The number of nitrogens with zero attached hydrogens (tertiary/aromatic N) is 2. The minimum absolute atomic E-state index is 0.533. The molecule has 0 radical (unpaired) electrons. The Balaban J connectivity index is 2.06. The second-order valence-corrected chi connectivity index (χ2v) is 5.76. The van der Waals surface area contributed by atoms with Gasteiger partial charge in [0.2, 0.25) is 0 Å². The summed E-state index contributed by atoms with van der Waals surface area (Å²) in [7, 11) is 0. The number of aryl methyl sites for hydroxylation is 3. The van der Waals surface area contributed by atoms with Crippen LogP contribution >= 0.6 is 11.6 Å². The molecule has 0 saturated heterocycles. The zero-order valence-corrected chi connectivity index (χ0v) is 12.7. The van der Waals surface area contributed by atoms with Gasteiger partial charge in [-0.05, 0) is 56.0 Å². The highest BCUT2D eigenvalue weighted by molar-refractivity contribution is 6.17. The van der Waals surface area contributed by atoms with Crippen LogP contribution in [0.5, 0.6) is 0 Å². The van der Waals surface area contributed by atoms with E-state index in [4.69, 9.17) is 16.6 Å². The molecule has 2 aromatic rings. The molecule has 1 aromatic heterocycles. The van der Waals surface area contributed by atoms with Crippen LogP contribution in [0.15, 0.2) is 30.3 Å². The van der Waals surface area contributed by atoms with Crippen LogP contribution in [-0.2, 0) is 12.3 Å². The number of hydrogen-bond donors (Lipinski definition) is 0. The molecule has 0 bridgehead atoms. The molecule has 0 spiro atoms. The Labute approximate surface area is 125 Å². The van der Waals surface area contributed by atoms with E-state index in [9.17, 15) is 0 Å². The van der Waals surface area contributed by atoms with E-state index in [1.54, 1.807) is 0 Å². The van der Waals surface area contributed by atoms with Crippen molar-refractivity contribution in [1.82, 2.24) is 4.98 Å². The smallest absolute Gasteiger partial charge is 0.133 e. The maximum atomic E-state index is 5.98. The monoisotopic (exact) mass is 286 g/mol. The third-order valence-electron chi connectivity index (χ3n) is 3.78. The Bertz CT molecular complexity index is 637. The van der Waals surface area contributed by atoms with E-state index < -0.39 is 0 Å². The van der Waals surface area contributed by atoms with Crippen molar-refractivity contribution in [3.8, 4) is 0 Å². The minimum atomic E-state index is 0.533. The first kappa shape index (κ1) is 13.4. The van der Waals surface area contributed by atoms with E-state index in [1.807, 2.05) is 6.92 Å². The van der Waals surface area contributed by atoms with Crippen molar-refractivity contribution in [2.75, 3.05) is 11.4 Å². The molecular weight excluding hydrogens is 268 g/mol. The summed E-state index contributed by atoms with van der Waals surface area (Å²) in [4.78, 5) is 7.01. The number of hydrogen-bond acceptors (Lipinski definition) is 2. The number of pyridine rings is 1. The van der Waals surface area contributed by atoms with Gasteiger partial charge in [-0.1, -0.05) is 17.7 Å². The van der Waals surface area contributed by atoms with Crippen molar-refractivity contribution >= 4 is 23.1 Å². The van der Waals surface area contributed by atoms with Crippen LogP contribution in [0, 0.1) is 13.8 Å². The van der Waals surface area contributed by atoms with Crippen molar-refractivity contribution in [3.63, 3.8) is 0 Å². The summed E-state index contributed by atoms with van der Waals surface area (Å²) in [6, 6.07) is 10.8. The molecule has 1 aromatic carbocycles. The summed E-state index contributed by atoms with van der Waals surface area (Å²) in [5.41, 5.74) is 6.20. The van der Waals surface area contributed by atoms with Gasteiger partial charge in [-0.25, -0.2) is 4.98 Å². The maximum Gasteiger partial charge on any atom is 0.133 e. The van der Waals surface area contributed by atoms with Gasteiger partial charge in [0.1, 0.15) is 5.82 Å². The fraction of sp³-hybridized carbons (Fsp3) is 0.353. The van der Waals surface area contributed by atoms with Gasteiger partial charge < -0.3 is 4.90 Å². The third-order valence-corrected chi connectivity index (χ3v) is 4.09. The topological polar surface area (TPSA) is 16.1 Å². The van der Waals surface area contributed by atoms with Crippen LogP contribution in [-0.4, -0.2) is 11.5 Å². The first-order valence-electron chi connectivity index (χ1n) is 7.08. The molecule has 20 heavy (non-hydrogen) atoms.